The molecule has 0 unspecified atom stereocenters. The van der Waals surface area contributed by atoms with E-state index in [1.165, 1.54) is 12.1 Å². The van der Waals surface area contributed by atoms with Crippen LogP contribution < -0.4 is 14.8 Å². The summed E-state index contributed by atoms with van der Waals surface area (Å²) >= 11 is 5.92. The molecular formula is C23H23ClN2O4S. The number of para-hydroxylation sites is 1. The van der Waals surface area contributed by atoms with Gasteiger partial charge in [0.25, 0.3) is 0 Å². The average Bonchev–Trinajstić information content (AvgIpc) is 2.78. The van der Waals surface area contributed by atoms with E-state index in [0.717, 1.165) is 16.9 Å². The number of carbonyl (C=O) groups is 1. The van der Waals surface area contributed by atoms with Gasteiger partial charge in [0.05, 0.1) is 5.02 Å². The van der Waals surface area contributed by atoms with Crippen molar-refractivity contribution in [2.75, 3.05) is 6.54 Å². The van der Waals surface area contributed by atoms with Gasteiger partial charge >= 0.3 is 0 Å². The fourth-order valence-electron chi connectivity index (χ4n) is 2.77. The van der Waals surface area contributed by atoms with E-state index in [1.807, 2.05) is 54.6 Å². The molecule has 0 aliphatic heterocycles. The minimum atomic E-state index is -3.76. The molecule has 0 fully saturated rings. The van der Waals surface area contributed by atoms with E-state index in [0.29, 0.717) is 13.2 Å². The highest BCUT2D eigenvalue weighted by atomic mass is 35.5. The van der Waals surface area contributed by atoms with Crippen molar-refractivity contribution in [2.45, 2.75) is 24.5 Å². The second-order valence-corrected chi connectivity index (χ2v) is 8.92. The number of carbonyl (C=O) groups excluding carboxylic acids is 1. The van der Waals surface area contributed by atoms with Crippen LogP contribution in [0.2, 0.25) is 5.02 Å². The van der Waals surface area contributed by atoms with Crippen molar-refractivity contribution in [2.24, 2.45) is 0 Å². The van der Waals surface area contributed by atoms with Gasteiger partial charge in [-0.3, -0.25) is 4.79 Å². The van der Waals surface area contributed by atoms with Gasteiger partial charge in [-0.1, -0.05) is 66.2 Å². The van der Waals surface area contributed by atoms with Crippen LogP contribution in [0.3, 0.4) is 0 Å². The van der Waals surface area contributed by atoms with E-state index in [-0.39, 0.29) is 28.8 Å². The van der Waals surface area contributed by atoms with Gasteiger partial charge < -0.3 is 10.1 Å². The Labute approximate surface area is 187 Å². The average molecular weight is 459 g/mol. The first-order valence-corrected chi connectivity index (χ1v) is 11.6. The van der Waals surface area contributed by atoms with Crippen LogP contribution in [0.1, 0.15) is 17.5 Å². The fraction of sp³-hybridized carbons (Fsp3) is 0.174. The number of sulfonamides is 1. The Hall–Kier alpha value is -2.87. The quantitative estimate of drug-likeness (QED) is 0.482. The Morgan fingerprint density at radius 3 is 2.23 bits per heavy atom. The highest BCUT2D eigenvalue weighted by Crippen LogP contribution is 2.20. The molecule has 6 nitrogen and oxygen atoms in total. The van der Waals surface area contributed by atoms with E-state index < -0.39 is 10.0 Å². The maximum atomic E-state index is 12.3. The summed E-state index contributed by atoms with van der Waals surface area (Å²) in [4.78, 5) is 12.0. The smallest absolute Gasteiger partial charge is 0.242 e. The predicted octanol–water partition coefficient (Wildman–Crippen LogP) is 3.90. The molecular weight excluding hydrogens is 436 g/mol. The molecule has 0 aromatic heterocycles. The molecule has 3 aromatic carbocycles. The number of ether oxygens (including phenoxy) is 1. The maximum Gasteiger partial charge on any atom is 0.242 e. The molecule has 3 aromatic rings. The molecule has 2 N–H and O–H groups in total. The van der Waals surface area contributed by atoms with Crippen LogP contribution in [0, 0.1) is 0 Å². The number of rotatable bonds is 10. The van der Waals surface area contributed by atoms with E-state index in [4.69, 9.17) is 16.3 Å². The molecule has 0 atom stereocenters. The molecule has 0 aliphatic carbocycles. The molecule has 162 valence electrons. The molecule has 0 bridgehead atoms. The lowest BCUT2D eigenvalue weighted by molar-refractivity contribution is -0.121. The number of hydrogen-bond acceptors (Lipinski definition) is 4. The van der Waals surface area contributed by atoms with Crippen LogP contribution in [-0.4, -0.2) is 20.9 Å². The summed E-state index contributed by atoms with van der Waals surface area (Å²) in [6, 6.07) is 23.5. The molecule has 1 amide bonds. The third kappa shape index (κ3) is 7.10. The fourth-order valence-corrected chi connectivity index (χ4v) is 4.31. The van der Waals surface area contributed by atoms with E-state index in [2.05, 4.69) is 10.0 Å². The van der Waals surface area contributed by atoms with E-state index in [1.54, 1.807) is 12.1 Å². The molecule has 0 aliphatic rings. The van der Waals surface area contributed by atoms with Gasteiger partial charge in [0.2, 0.25) is 15.9 Å². The van der Waals surface area contributed by atoms with Crippen molar-refractivity contribution < 1.29 is 17.9 Å². The lowest BCUT2D eigenvalue weighted by Crippen LogP contribution is -2.30. The van der Waals surface area contributed by atoms with Gasteiger partial charge in [-0.15, -0.1) is 0 Å². The zero-order valence-electron chi connectivity index (χ0n) is 16.8. The van der Waals surface area contributed by atoms with Crippen LogP contribution in [-0.2, 0) is 28.0 Å². The van der Waals surface area contributed by atoms with Crippen LogP contribution >= 0.6 is 11.6 Å². The molecule has 8 heteroatoms. The molecule has 0 heterocycles. The lowest BCUT2D eigenvalue weighted by Gasteiger charge is -2.09. The summed E-state index contributed by atoms with van der Waals surface area (Å²) in [5.74, 6) is 0.558. The van der Waals surface area contributed by atoms with Gasteiger partial charge in [0, 0.05) is 19.5 Å². The Morgan fingerprint density at radius 2 is 1.52 bits per heavy atom. The number of halogens is 1. The number of hydrogen-bond donors (Lipinski definition) is 2. The number of benzene rings is 3. The second-order valence-electron chi connectivity index (χ2n) is 6.77. The summed E-state index contributed by atoms with van der Waals surface area (Å²) < 4.78 is 32.6. The Balaban J connectivity index is 1.40. The molecule has 31 heavy (non-hydrogen) atoms. The van der Waals surface area contributed by atoms with Crippen LogP contribution in [0.5, 0.6) is 5.75 Å². The third-order valence-corrected chi connectivity index (χ3v) is 6.39. The third-order valence-electron chi connectivity index (χ3n) is 4.43. The standard InChI is InChI=1S/C23H23ClN2O4S/c24-21-8-4-5-9-22(21)31(28,29)26-15-14-23(27)25-16-18-10-12-19(13-11-18)17-30-20-6-2-1-3-7-20/h1-13,26H,14-17H2,(H,25,27). The van der Waals surface area contributed by atoms with Crippen LogP contribution in [0.25, 0.3) is 0 Å². The lowest BCUT2D eigenvalue weighted by atomic mass is 10.1. The zero-order valence-corrected chi connectivity index (χ0v) is 18.3. The van der Waals surface area contributed by atoms with E-state index in [9.17, 15) is 13.2 Å². The van der Waals surface area contributed by atoms with Gasteiger partial charge in [0.1, 0.15) is 17.3 Å². The maximum absolute atomic E-state index is 12.3. The Kier molecular flexibility index (Phi) is 8.06. The van der Waals surface area contributed by atoms with Crippen LogP contribution in [0.4, 0.5) is 0 Å². The predicted molar refractivity (Wildman–Crippen MR) is 120 cm³/mol. The molecule has 0 spiro atoms. The van der Waals surface area contributed by atoms with Crippen molar-refractivity contribution in [3.8, 4) is 5.75 Å². The first kappa shape index (κ1) is 22.8. The number of amides is 1. The van der Waals surface area contributed by atoms with Gasteiger partial charge in [0.15, 0.2) is 0 Å². The minimum absolute atomic E-state index is 0.00610. The monoisotopic (exact) mass is 458 g/mol. The topological polar surface area (TPSA) is 84.5 Å². The van der Waals surface area contributed by atoms with Crippen molar-refractivity contribution in [1.82, 2.24) is 10.0 Å². The van der Waals surface area contributed by atoms with Crippen molar-refractivity contribution in [3.05, 3.63) is 95.0 Å². The highest BCUT2D eigenvalue weighted by molar-refractivity contribution is 7.89. The van der Waals surface area contributed by atoms with Gasteiger partial charge in [-0.2, -0.15) is 0 Å². The summed E-state index contributed by atoms with van der Waals surface area (Å²) in [5, 5.41) is 2.92. The Morgan fingerprint density at radius 1 is 0.871 bits per heavy atom. The molecule has 0 saturated heterocycles. The summed E-state index contributed by atoms with van der Waals surface area (Å²) in [6.07, 6.45) is 0.0205. The first-order valence-electron chi connectivity index (χ1n) is 9.70. The number of nitrogens with one attached hydrogen (secondary N) is 2. The summed E-state index contributed by atoms with van der Waals surface area (Å²) in [6.45, 7) is 0.799. The molecule has 0 saturated carbocycles. The first-order chi connectivity index (χ1) is 14.9. The largest absolute Gasteiger partial charge is 0.489 e. The highest BCUT2D eigenvalue weighted by Gasteiger charge is 2.17. The SMILES string of the molecule is O=C(CCNS(=O)(=O)c1ccccc1Cl)NCc1ccc(COc2ccccc2)cc1. The summed E-state index contributed by atoms with van der Waals surface area (Å²) in [7, 11) is -3.76. The molecule has 3 rings (SSSR count). The zero-order chi connectivity index (χ0) is 22.1. The van der Waals surface area contributed by atoms with Crippen molar-refractivity contribution in [3.63, 3.8) is 0 Å². The van der Waals surface area contributed by atoms with E-state index >= 15 is 0 Å². The minimum Gasteiger partial charge on any atom is -0.489 e. The van der Waals surface area contributed by atoms with Crippen molar-refractivity contribution >= 4 is 27.5 Å². The molecule has 0 radical (unpaired) electrons. The normalized spacial score (nSPS) is 11.1. The summed E-state index contributed by atoms with van der Waals surface area (Å²) in [5.41, 5.74) is 1.96. The Bertz CT molecular complexity index is 1100. The van der Waals surface area contributed by atoms with Crippen molar-refractivity contribution in [1.29, 1.82) is 0 Å². The van der Waals surface area contributed by atoms with Gasteiger partial charge in [-0.25, -0.2) is 13.1 Å². The van der Waals surface area contributed by atoms with Gasteiger partial charge in [-0.05, 0) is 35.4 Å². The second kappa shape index (κ2) is 10.9. The van der Waals surface area contributed by atoms with Crippen LogP contribution in [0.15, 0.2) is 83.8 Å².